The molecule has 1 aromatic carbocycles. The lowest BCUT2D eigenvalue weighted by Crippen LogP contribution is -2.64. The number of alkyl carbamates (subject to hydrolysis) is 1. The molecule has 10 heteroatoms. The molecule has 2 saturated carbocycles. The number of halogens is 2. The summed E-state index contributed by atoms with van der Waals surface area (Å²) in [6.07, 6.45) is -1.37. The van der Waals surface area contributed by atoms with Crippen LogP contribution in [0, 0.1) is 17.7 Å². The highest BCUT2D eigenvalue weighted by Crippen LogP contribution is 2.68. The number of hydrogen-bond donors (Lipinski definition) is 3. The van der Waals surface area contributed by atoms with Gasteiger partial charge < -0.3 is 25.0 Å². The molecule has 1 amide bonds. The summed E-state index contributed by atoms with van der Waals surface area (Å²) in [7, 11) is 0. The van der Waals surface area contributed by atoms with Gasteiger partial charge >= 0.3 is 18.0 Å². The minimum atomic E-state index is -2.79. The second-order valence-electron chi connectivity index (χ2n) is 7.01. The van der Waals surface area contributed by atoms with E-state index in [1.165, 1.54) is 30.3 Å². The molecule has 0 aliphatic heterocycles. The van der Waals surface area contributed by atoms with Crippen LogP contribution >= 0.6 is 0 Å². The van der Waals surface area contributed by atoms with Crippen molar-refractivity contribution in [2.45, 2.75) is 30.3 Å². The Hall–Kier alpha value is -3.01. The van der Waals surface area contributed by atoms with E-state index in [-0.39, 0.29) is 19.6 Å². The third-order valence-electron chi connectivity index (χ3n) is 5.44. The van der Waals surface area contributed by atoms with Gasteiger partial charge in [0.15, 0.2) is 5.54 Å². The van der Waals surface area contributed by atoms with E-state index in [9.17, 15) is 33.4 Å². The average molecular weight is 411 g/mol. The Morgan fingerprint density at radius 3 is 2.45 bits per heavy atom. The summed E-state index contributed by atoms with van der Waals surface area (Å²) < 4.78 is 38.3. The van der Waals surface area contributed by atoms with E-state index in [0.717, 1.165) is 0 Å². The quantitative estimate of drug-likeness (QED) is 0.559. The zero-order valence-electron chi connectivity index (χ0n) is 15.1. The predicted octanol–water partition coefficient (Wildman–Crippen LogP) is 1.89. The Balaban J connectivity index is 1.87. The minimum absolute atomic E-state index is 0.144. The molecule has 1 aromatic rings. The zero-order valence-corrected chi connectivity index (χ0v) is 15.1. The maximum Gasteiger partial charge on any atom is 0.408 e. The van der Waals surface area contributed by atoms with Crippen molar-refractivity contribution in [3.8, 4) is 0 Å². The van der Waals surface area contributed by atoms with Crippen molar-refractivity contribution in [2.24, 2.45) is 11.8 Å². The van der Waals surface area contributed by atoms with Gasteiger partial charge in [-0.1, -0.05) is 24.8 Å². The Kier molecular flexibility index (Phi) is 5.31. The second kappa shape index (κ2) is 7.43. The van der Waals surface area contributed by atoms with Gasteiger partial charge in [-0.2, -0.15) is 0 Å². The molecule has 0 radical (unpaired) electrons. The number of rotatable bonds is 8. The first-order valence-electron chi connectivity index (χ1n) is 8.75. The molecule has 8 nitrogen and oxygen atoms in total. The molecule has 5 atom stereocenters. The van der Waals surface area contributed by atoms with Gasteiger partial charge in [-0.05, 0) is 24.1 Å². The molecule has 0 spiro atoms. The topological polar surface area (TPSA) is 122 Å². The molecule has 0 saturated heterocycles. The first-order chi connectivity index (χ1) is 13.7. The number of nitrogens with one attached hydrogen (secondary N) is 1. The highest BCUT2D eigenvalue weighted by Gasteiger charge is 2.86. The maximum absolute atomic E-state index is 14.9. The molecule has 0 heterocycles. The third kappa shape index (κ3) is 3.33. The molecule has 156 valence electrons. The van der Waals surface area contributed by atoms with Crippen LogP contribution in [0.3, 0.4) is 0 Å². The first kappa shape index (κ1) is 20.7. The molecule has 29 heavy (non-hydrogen) atoms. The normalized spacial score (nSPS) is 32.1. The van der Waals surface area contributed by atoms with Crippen LogP contribution in [-0.4, -0.2) is 52.2 Å². The standard InChI is InChI=1S/C19H19F2NO7/c1-2-7-28-17(27)22-19(16(25)26)13(8-12-14(19)18(12,21)15(23)24)29-9-10-3-5-11(20)6-4-10/h2-6,12-14H,1,7-9H2,(H,22,27)(H,23,24)(H,25,26)/t12-,13-,14+,18-,19+/m1/s1. The van der Waals surface area contributed by atoms with E-state index in [1.54, 1.807) is 0 Å². The Morgan fingerprint density at radius 1 is 1.24 bits per heavy atom. The van der Waals surface area contributed by atoms with Gasteiger partial charge in [0, 0.05) is 11.8 Å². The Morgan fingerprint density at radius 2 is 1.90 bits per heavy atom. The van der Waals surface area contributed by atoms with Crippen LogP contribution in [0.15, 0.2) is 36.9 Å². The van der Waals surface area contributed by atoms with Crippen molar-refractivity contribution < 1.29 is 42.9 Å². The van der Waals surface area contributed by atoms with Crippen LogP contribution in [0.4, 0.5) is 13.6 Å². The number of aliphatic carboxylic acids is 2. The number of hydrogen-bond acceptors (Lipinski definition) is 5. The van der Waals surface area contributed by atoms with E-state index in [2.05, 4.69) is 11.9 Å². The summed E-state index contributed by atoms with van der Waals surface area (Å²) in [6, 6.07) is 5.24. The largest absolute Gasteiger partial charge is 0.479 e. The molecular weight excluding hydrogens is 392 g/mol. The lowest BCUT2D eigenvalue weighted by Gasteiger charge is -2.35. The van der Waals surface area contributed by atoms with Crippen molar-refractivity contribution in [3.63, 3.8) is 0 Å². The van der Waals surface area contributed by atoms with Crippen molar-refractivity contribution >= 4 is 18.0 Å². The summed E-state index contributed by atoms with van der Waals surface area (Å²) in [6.45, 7) is 2.99. The summed E-state index contributed by atoms with van der Waals surface area (Å²) in [4.78, 5) is 35.6. The summed E-state index contributed by atoms with van der Waals surface area (Å²) in [5.74, 6) is -6.57. The van der Waals surface area contributed by atoms with Crippen molar-refractivity contribution in [1.82, 2.24) is 5.32 Å². The number of carboxylic acids is 2. The molecule has 2 aliphatic carbocycles. The Bertz CT molecular complexity index is 845. The highest BCUT2D eigenvalue weighted by atomic mass is 19.1. The SMILES string of the molecule is C=CCOC(=O)N[C@@]1(C(=O)O)[C@H](OCc2ccc(F)cc2)C[C@@H]2[C@H]1[C@@]2(F)C(=O)O. The van der Waals surface area contributed by atoms with Gasteiger partial charge in [-0.3, -0.25) is 0 Å². The minimum Gasteiger partial charge on any atom is -0.479 e. The monoisotopic (exact) mass is 411 g/mol. The van der Waals surface area contributed by atoms with Crippen molar-refractivity contribution in [3.05, 3.63) is 48.3 Å². The molecular formula is C19H19F2NO7. The zero-order chi connectivity index (χ0) is 21.4. The fourth-order valence-electron chi connectivity index (χ4n) is 4.09. The van der Waals surface area contributed by atoms with Crippen LogP contribution in [0.1, 0.15) is 12.0 Å². The summed E-state index contributed by atoms with van der Waals surface area (Å²) in [5.41, 5.74) is -4.61. The fourth-order valence-corrected chi connectivity index (χ4v) is 4.09. The van der Waals surface area contributed by atoms with Crippen LogP contribution < -0.4 is 5.32 Å². The Labute approximate surface area is 164 Å². The number of benzene rings is 1. The summed E-state index contributed by atoms with van der Waals surface area (Å²) >= 11 is 0. The molecule has 0 unspecified atom stereocenters. The van der Waals surface area contributed by atoms with Crippen molar-refractivity contribution in [2.75, 3.05) is 6.61 Å². The number of amides is 1. The van der Waals surface area contributed by atoms with E-state index < -0.39 is 53.0 Å². The van der Waals surface area contributed by atoms with Crippen molar-refractivity contribution in [1.29, 1.82) is 0 Å². The van der Waals surface area contributed by atoms with E-state index in [0.29, 0.717) is 5.56 Å². The van der Waals surface area contributed by atoms with Gasteiger partial charge in [0.2, 0.25) is 5.67 Å². The van der Waals surface area contributed by atoms with Crippen LogP contribution in [0.2, 0.25) is 0 Å². The summed E-state index contributed by atoms with van der Waals surface area (Å²) in [5, 5.41) is 21.2. The maximum atomic E-state index is 14.9. The first-order valence-corrected chi connectivity index (χ1v) is 8.75. The van der Waals surface area contributed by atoms with Gasteiger partial charge in [-0.25, -0.2) is 23.2 Å². The van der Waals surface area contributed by atoms with E-state index in [1.807, 2.05) is 0 Å². The number of carbonyl (C=O) groups excluding carboxylic acids is 1. The van der Waals surface area contributed by atoms with E-state index >= 15 is 0 Å². The molecule has 2 fully saturated rings. The number of ether oxygens (including phenoxy) is 2. The van der Waals surface area contributed by atoms with Gasteiger partial charge in [0.25, 0.3) is 0 Å². The number of fused-ring (bicyclic) bond motifs is 1. The molecule has 3 rings (SSSR count). The van der Waals surface area contributed by atoms with Gasteiger partial charge in [0.05, 0.1) is 12.7 Å². The predicted molar refractivity (Wildman–Crippen MR) is 93.1 cm³/mol. The molecule has 2 aliphatic rings. The highest BCUT2D eigenvalue weighted by molar-refractivity contribution is 5.93. The van der Waals surface area contributed by atoms with E-state index in [4.69, 9.17) is 9.47 Å². The third-order valence-corrected chi connectivity index (χ3v) is 5.44. The lowest BCUT2D eigenvalue weighted by molar-refractivity contribution is -0.158. The van der Waals surface area contributed by atoms with Gasteiger partial charge in [-0.15, -0.1) is 0 Å². The van der Waals surface area contributed by atoms with Crippen LogP contribution in [0.25, 0.3) is 0 Å². The average Bonchev–Trinajstić information content (AvgIpc) is 3.12. The van der Waals surface area contributed by atoms with Crippen LogP contribution in [-0.2, 0) is 25.7 Å². The lowest BCUT2D eigenvalue weighted by atomic mass is 9.86. The molecule has 0 bridgehead atoms. The van der Waals surface area contributed by atoms with Gasteiger partial charge in [0.1, 0.15) is 12.4 Å². The fraction of sp³-hybridized carbons (Fsp3) is 0.421. The smallest absolute Gasteiger partial charge is 0.408 e. The number of alkyl halides is 1. The number of carbonyl (C=O) groups is 3. The second-order valence-corrected chi connectivity index (χ2v) is 7.01. The molecule has 0 aromatic heterocycles. The molecule has 3 N–H and O–H groups in total. The van der Waals surface area contributed by atoms with Crippen LogP contribution in [0.5, 0.6) is 0 Å². The number of carboxylic acid groups (broad SMARTS) is 2.